The maximum absolute atomic E-state index is 12.6. The van der Waals surface area contributed by atoms with Gasteiger partial charge in [0.05, 0.1) is 27.7 Å². The van der Waals surface area contributed by atoms with Crippen LogP contribution in [0.1, 0.15) is 123 Å². The third-order valence-corrected chi connectivity index (χ3v) is 9.22. The van der Waals surface area contributed by atoms with E-state index >= 15 is 0 Å². The minimum absolute atomic E-state index is 0.0315. The SMILES string of the molecule is CC/C=C\C/C=C\C/C=C\C/C=C\C/C=C\CCCC(=O)O[C@H](COC(=O)CCCC(=O)/C=C/C=C\C/C=C\C/C=C\CCCCC)COP(=O)([O-])OCC[N+](C)(C)C. The molecule has 0 spiro atoms. The van der Waals surface area contributed by atoms with Gasteiger partial charge < -0.3 is 27.9 Å². The Morgan fingerprint density at radius 3 is 1.68 bits per heavy atom. The first kappa shape index (κ1) is 55.3. The minimum Gasteiger partial charge on any atom is -0.756 e. The summed E-state index contributed by atoms with van der Waals surface area (Å²) in [6, 6.07) is 0. The summed E-state index contributed by atoms with van der Waals surface area (Å²) in [5.74, 6) is -1.29. The number of phosphoric acid groups is 1. The van der Waals surface area contributed by atoms with E-state index in [1.54, 1.807) is 6.08 Å². The average molecular weight is 842 g/mol. The molecule has 1 unspecified atom stereocenters. The summed E-state index contributed by atoms with van der Waals surface area (Å²) in [5.41, 5.74) is 0. The maximum Gasteiger partial charge on any atom is 0.306 e. The highest BCUT2D eigenvalue weighted by atomic mass is 31.2. The molecule has 0 saturated heterocycles. The highest BCUT2D eigenvalue weighted by Gasteiger charge is 2.21. The van der Waals surface area contributed by atoms with Crippen LogP contribution in [0.4, 0.5) is 0 Å². The zero-order valence-electron chi connectivity index (χ0n) is 36.9. The van der Waals surface area contributed by atoms with Gasteiger partial charge in [0.1, 0.15) is 19.8 Å². The Kier molecular flexibility index (Phi) is 36.1. The Morgan fingerprint density at radius 1 is 0.593 bits per heavy atom. The molecule has 0 aromatic rings. The van der Waals surface area contributed by atoms with Crippen molar-refractivity contribution in [1.29, 1.82) is 0 Å². The molecule has 0 amide bonds. The van der Waals surface area contributed by atoms with E-state index in [1.807, 2.05) is 45.4 Å². The molecule has 0 bridgehead atoms. The summed E-state index contributed by atoms with van der Waals surface area (Å²) in [7, 11) is 0.982. The van der Waals surface area contributed by atoms with Crippen molar-refractivity contribution in [3.8, 4) is 0 Å². The predicted molar refractivity (Wildman–Crippen MR) is 240 cm³/mol. The van der Waals surface area contributed by atoms with E-state index in [0.29, 0.717) is 23.9 Å². The molecule has 0 saturated carbocycles. The number of hydrogen-bond donors (Lipinski definition) is 0. The first-order chi connectivity index (χ1) is 28.4. The monoisotopic (exact) mass is 842 g/mol. The molecule has 11 heteroatoms. The van der Waals surface area contributed by atoms with Gasteiger partial charge in [-0.25, -0.2) is 0 Å². The number of carbonyl (C=O) groups excluding carboxylic acids is 3. The van der Waals surface area contributed by atoms with Gasteiger partial charge in [0, 0.05) is 19.3 Å². The van der Waals surface area contributed by atoms with Crippen molar-refractivity contribution in [2.24, 2.45) is 0 Å². The summed E-state index contributed by atoms with van der Waals surface area (Å²) >= 11 is 0. The van der Waals surface area contributed by atoms with E-state index in [2.05, 4.69) is 86.8 Å². The molecule has 0 aliphatic carbocycles. The molecule has 59 heavy (non-hydrogen) atoms. The number of nitrogens with zero attached hydrogens (tertiary/aromatic N) is 1. The fraction of sp³-hybridized carbons (Fsp3) is 0.562. The number of esters is 2. The third-order valence-electron chi connectivity index (χ3n) is 8.25. The molecule has 2 atom stereocenters. The number of ether oxygens (including phenoxy) is 2. The number of phosphoric ester groups is 1. The Hall–Kier alpha value is -3.66. The van der Waals surface area contributed by atoms with Crippen molar-refractivity contribution < 1.29 is 46.8 Å². The quantitative estimate of drug-likeness (QED) is 0.0114. The topological polar surface area (TPSA) is 128 Å². The summed E-state index contributed by atoms with van der Waals surface area (Å²) in [5, 5.41) is 0. The van der Waals surface area contributed by atoms with Crippen LogP contribution in [0.5, 0.6) is 0 Å². The number of carbonyl (C=O) groups is 3. The second-order valence-corrected chi connectivity index (χ2v) is 16.4. The molecule has 0 aliphatic rings. The van der Waals surface area contributed by atoms with E-state index in [-0.39, 0.29) is 38.1 Å². The molecule has 332 valence electrons. The predicted octanol–water partition coefficient (Wildman–Crippen LogP) is 10.9. The molecular formula is C48H76NO9P. The van der Waals surface area contributed by atoms with Crippen LogP contribution in [-0.4, -0.2) is 75.8 Å². The third kappa shape index (κ3) is 42.3. The fourth-order valence-corrected chi connectivity index (χ4v) is 5.60. The Balaban J connectivity index is 4.69. The van der Waals surface area contributed by atoms with Gasteiger partial charge in [0.25, 0.3) is 7.82 Å². The van der Waals surface area contributed by atoms with Crippen molar-refractivity contribution in [2.45, 2.75) is 129 Å². The lowest BCUT2D eigenvalue weighted by atomic mass is 10.1. The Bertz CT molecular complexity index is 1430. The van der Waals surface area contributed by atoms with Crippen LogP contribution in [-0.2, 0) is 37.5 Å². The van der Waals surface area contributed by atoms with E-state index in [4.69, 9.17) is 18.5 Å². The van der Waals surface area contributed by atoms with Crippen LogP contribution in [0.25, 0.3) is 0 Å². The first-order valence-electron chi connectivity index (χ1n) is 21.5. The number of ketones is 1. The molecule has 0 radical (unpaired) electrons. The number of likely N-dealkylation sites (N-methyl/N-ethyl adjacent to an activating group) is 1. The number of unbranched alkanes of at least 4 members (excludes halogenated alkanes) is 4. The van der Waals surface area contributed by atoms with Crippen molar-refractivity contribution in [1.82, 2.24) is 0 Å². The highest BCUT2D eigenvalue weighted by Crippen LogP contribution is 2.38. The van der Waals surface area contributed by atoms with E-state index in [1.165, 1.54) is 25.3 Å². The maximum atomic E-state index is 12.6. The van der Waals surface area contributed by atoms with E-state index in [0.717, 1.165) is 51.4 Å². The molecule has 0 heterocycles. The van der Waals surface area contributed by atoms with Crippen LogP contribution >= 0.6 is 7.82 Å². The average Bonchev–Trinajstić information content (AvgIpc) is 3.18. The van der Waals surface area contributed by atoms with E-state index in [9.17, 15) is 23.8 Å². The molecule has 0 aliphatic heterocycles. The Labute approximate surface area is 357 Å². The smallest absolute Gasteiger partial charge is 0.306 e. The zero-order chi connectivity index (χ0) is 43.7. The molecule has 0 rings (SSSR count). The highest BCUT2D eigenvalue weighted by molar-refractivity contribution is 7.45. The van der Waals surface area contributed by atoms with Gasteiger partial charge in [-0.05, 0) is 83.1 Å². The number of allylic oxidation sites excluding steroid dienone is 18. The molecule has 0 N–H and O–H groups in total. The van der Waals surface area contributed by atoms with Crippen LogP contribution in [0.2, 0.25) is 0 Å². The lowest BCUT2D eigenvalue weighted by Crippen LogP contribution is -2.37. The summed E-state index contributed by atoms with van der Waals surface area (Å²) in [6.07, 6.45) is 48.5. The molecular weight excluding hydrogens is 766 g/mol. The van der Waals surface area contributed by atoms with Gasteiger partial charge >= 0.3 is 11.9 Å². The van der Waals surface area contributed by atoms with Crippen molar-refractivity contribution in [3.63, 3.8) is 0 Å². The summed E-state index contributed by atoms with van der Waals surface area (Å²) in [4.78, 5) is 49.7. The lowest BCUT2D eigenvalue weighted by molar-refractivity contribution is -0.870. The van der Waals surface area contributed by atoms with Crippen molar-refractivity contribution in [3.05, 3.63) is 109 Å². The lowest BCUT2D eigenvalue weighted by Gasteiger charge is -2.28. The zero-order valence-corrected chi connectivity index (χ0v) is 37.8. The van der Waals surface area contributed by atoms with Crippen molar-refractivity contribution >= 4 is 25.5 Å². The number of hydrogen-bond acceptors (Lipinski definition) is 9. The number of quaternary nitrogens is 1. The van der Waals surface area contributed by atoms with Gasteiger partial charge in [-0.1, -0.05) is 130 Å². The van der Waals surface area contributed by atoms with Gasteiger partial charge in [-0.3, -0.25) is 18.9 Å². The Morgan fingerprint density at radius 2 is 1.12 bits per heavy atom. The van der Waals surface area contributed by atoms with Gasteiger partial charge in [0.2, 0.25) is 0 Å². The van der Waals surface area contributed by atoms with Gasteiger partial charge in [0.15, 0.2) is 11.9 Å². The molecule has 0 aromatic heterocycles. The standard InChI is InChI=1S/C48H76NO9P/c1-6-8-10-12-14-16-18-20-21-22-23-25-27-29-31-33-35-39-48(52)58-46(44-57-59(53,54)56-42-41-49(3,4)5)43-55-47(51)40-36-38-45(50)37-34-32-30-28-26-24-19-17-15-13-11-9-7-2/h8,10,14-17,20-21,23-26,29-32,34,37,46H,6-7,9,11-13,18-19,22,27-28,33,35-36,38-44H2,1-5H3/b10-8-,16-14-,17-15-,21-20-,25-23-,26-24-,31-29-,32-30-,37-34+/t46-/m1/s1. The molecule has 0 fully saturated rings. The van der Waals surface area contributed by atoms with Gasteiger partial charge in [-0.2, -0.15) is 0 Å². The summed E-state index contributed by atoms with van der Waals surface area (Å²) < 4.78 is 33.6. The van der Waals surface area contributed by atoms with E-state index < -0.39 is 39.1 Å². The van der Waals surface area contributed by atoms with Gasteiger partial charge in [-0.15, -0.1) is 0 Å². The van der Waals surface area contributed by atoms with Crippen LogP contribution in [0.15, 0.2) is 109 Å². The first-order valence-corrected chi connectivity index (χ1v) is 23.0. The summed E-state index contributed by atoms with van der Waals surface area (Å²) in [6.45, 7) is 3.70. The minimum atomic E-state index is -4.70. The second kappa shape index (κ2) is 38.5. The molecule has 0 aromatic carbocycles. The molecule has 10 nitrogen and oxygen atoms in total. The van der Waals surface area contributed by atoms with Crippen LogP contribution in [0.3, 0.4) is 0 Å². The largest absolute Gasteiger partial charge is 0.756 e. The normalized spacial score (nSPS) is 14.5. The second-order valence-electron chi connectivity index (χ2n) is 15.0. The van der Waals surface area contributed by atoms with Crippen molar-refractivity contribution in [2.75, 3.05) is 47.5 Å². The van der Waals surface area contributed by atoms with Crippen LogP contribution < -0.4 is 4.89 Å². The fourth-order valence-electron chi connectivity index (χ4n) is 4.88. The van der Waals surface area contributed by atoms with Crippen LogP contribution in [0, 0.1) is 0 Å². The number of rotatable bonds is 37.